The number of ether oxygens (including phenoxy) is 2. The molecule has 2 N–H and O–H groups in total. The van der Waals surface area contributed by atoms with Gasteiger partial charge in [-0.15, -0.1) is 0 Å². The molecule has 4 heterocycles. The van der Waals surface area contributed by atoms with Crippen molar-refractivity contribution in [1.29, 1.82) is 0 Å². The van der Waals surface area contributed by atoms with E-state index < -0.39 is 0 Å². The second-order valence-corrected chi connectivity index (χ2v) is 11.3. The largest absolute Gasteiger partial charge is 0.493 e. The van der Waals surface area contributed by atoms with Crippen molar-refractivity contribution in [2.24, 2.45) is 5.92 Å². The van der Waals surface area contributed by atoms with Crippen LogP contribution in [0.25, 0.3) is 21.8 Å². The summed E-state index contributed by atoms with van der Waals surface area (Å²) >= 11 is 0. The monoisotopic (exact) mass is 562 g/mol. The molecule has 7 rings (SSSR count). The minimum absolute atomic E-state index is 0.0514. The second-order valence-electron chi connectivity index (χ2n) is 11.3. The summed E-state index contributed by atoms with van der Waals surface area (Å²) < 4.78 is 10.8. The third kappa shape index (κ3) is 4.12. The zero-order chi connectivity index (χ0) is 28.8. The number of carbonyl (C=O) groups excluding carboxylic acids is 2. The van der Waals surface area contributed by atoms with E-state index in [0.29, 0.717) is 36.8 Å². The third-order valence-electron chi connectivity index (χ3n) is 9.29. The van der Waals surface area contributed by atoms with Gasteiger partial charge in [-0.1, -0.05) is 36.4 Å². The minimum Gasteiger partial charge on any atom is -0.493 e. The Bertz CT molecular complexity index is 1720. The molecule has 2 fully saturated rings. The number of aromatic amines is 2. The third-order valence-corrected chi connectivity index (χ3v) is 9.29. The van der Waals surface area contributed by atoms with Gasteiger partial charge in [0.2, 0.25) is 11.8 Å². The van der Waals surface area contributed by atoms with E-state index in [4.69, 9.17) is 9.47 Å². The predicted octanol–water partition coefficient (Wildman–Crippen LogP) is 5.63. The van der Waals surface area contributed by atoms with E-state index in [1.165, 1.54) is 21.9 Å². The highest BCUT2D eigenvalue weighted by molar-refractivity contribution is 6.00. The molecular weight excluding hydrogens is 528 g/mol. The van der Waals surface area contributed by atoms with E-state index in [1.54, 1.807) is 31.3 Å². The number of rotatable bonds is 6. The molecule has 2 saturated heterocycles. The van der Waals surface area contributed by atoms with Crippen molar-refractivity contribution < 1.29 is 19.1 Å². The highest BCUT2D eigenvalue weighted by Crippen LogP contribution is 2.47. The number of nitrogens with one attached hydrogen (secondary N) is 2. The van der Waals surface area contributed by atoms with Crippen molar-refractivity contribution in [1.82, 2.24) is 14.9 Å². The van der Waals surface area contributed by atoms with E-state index in [-0.39, 0.29) is 29.6 Å². The van der Waals surface area contributed by atoms with Crippen LogP contribution in [0.3, 0.4) is 0 Å². The number of likely N-dealkylation sites (tertiary alicyclic amines) is 1. The summed E-state index contributed by atoms with van der Waals surface area (Å²) in [5.41, 5.74) is 5.23. The number of amides is 2. The van der Waals surface area contributed by atoms with Crippen LogP contribution in [0, 0.1) is 5.92 Å². The van der Waals surface area contributed by atoms with Crippen molar-refractivity contribution in [3.05, 3.63) is 90.3 Å². The number of benzene rings is 3. The zero-order valence-corrected chi connectivity index (χ0v) is 23.9. The van der Waals surface area contributed by atoms with Gasteiger partial charge in [-0.2, -0.15) is 0 Å². The molecule has 1 atom stereocenters. The van der Waals surface area contributed by atoms with Crippen molar-refractivity contribution in [3.8, 4) is 11.5 Å². The number of fused-ring (bicyclic) bond motifs is 2. The predicted molar refractivity (Wildman–Crippen MR) is 163 cm³/mol. The van der Waals surface area contributed by atoms with Crippen LogP contribution in [0.4, 0.5) is 5.69 Å². The van der Waals surface area contributed by atoms with Crippen LogP contribution in [0.2, 0.25) is 0 Å². The topological polar surface area (TPSA) is 90.7 Å². The molecule has 2 aliphatic heterocycles. The fourth-order valence-electron chi connectivity index (χ4n) is 7.10. The smallest absolute Gasteiger partial charge is 0.228 e. The molecule has 1 unspecified atom stereocenters. The molecule has 214 valence electrons. The normalized spacial score (nSPS) is 18.6. The summed E-state index contributed by atoms with van der Waals surface area (Å²) in [5, 5.41) is 2.43. The van der Waals surface area contributed by atoms with Crippen LogP contribution in [-0.4, -0.2) is 60.5 Å². The van der Waals surface area contributed by atoms with Crippen LogP contribution in [0.1, 0.15) is 30.4 Å². The fourth-order valence-corrected chi connectivity index (χ4v) is 7.10. The molecule has 3 aromatic carbocycles. The number of methoxy groups -OCH3 is 2. The first-order chi connectivity index (χ1) is 20.5. The van der Waals surface area contributed by atoms with Crippen molar-refractivity contribution in [2.45, 2.75) is 24.7 Å². The Morgan fingerprint density at radius 3 is 2.02 bits per heavy atom. The molecule has 42 heavy (non-hydrogen) atoms. The number of aromatic nitrogens is 2. The number of piperidine rings is 1. The number of hydrogen-bond acceptors (Lipinski definition) is 4. The lowest BCUT2D eigenvalue weighted by molar-refractivity contribution is -0.137. The molecule has 8 heteroatoms. The SMILES string of the molecule is COc1ccc(N2CC(C(=O)N3CCC(c4c[nH]c5ccccc45)(c4c[nH]c5ccccc45)CC3)CC2=O)cc1OC. The maximum absolute atomic E-state index is 13.8. The van der Waals surface area contributed by atoms with Crippen LogP contribution in [0.5, 0.6) is 11.5 Å². The van der Waals surface area contributed by atoms with E-state index in [9.17, 15) is 9.59 Å². The van der Waals surface area contributed by atoms with Gasteiger partial charge in [-0.3, -0.25) is 9.59 Å². The van der Waals surface area contributed by atoms with Crippen LogP contribution in [-0.2, 0) is 15.0 Å². The van der Waals surface area contributed by atoms with Gasteiger partial charge in [-0.05, 0) is 48.2 Å². The van der Waals surface area contributed by atoms with Gasteiger partial charge in [0.05, 0.1) is 20.1 Å². The number of nitrogens with zero attached hydrogens (tertiary/aromatic N) is 2. The van der Waals surface area contributed by atoms with Crippen molar-refractivity contribution in [2.75, 3.05) is 38.8 Å². The van der Waals surface area contributed by atoms with Gasteiger partial charge in [0.15, 0.2) is 11.5 Å². The molecule has 8 nitrogen and oxygen atoms in total. The number of anilines is 1. The average Bonchev–Trinajstić information content (AvgIpc) is 3.77. The lowest BCUT2D eigenvalue weighted by atomic mass is 9.67. The van der Waals surface area contributed by atoms with Crippen LogP contribution < -0.4 is 14.4 Å². The van der Waals surface area contributed by atoms with Gasteiger partial charge < -0.3 is 29.2 Å². The first-order valence-electron chi connectivity index (χ1n) is 14.5. The first-order valence-corrected chi connectivity index (χ1v) is 14.5. The van der Waals surface area contributed by atoms with E-state index >= 15 is 0 Å². The van der Waals surface area contributed by atoms with Gasteiger partial charge >= 0.3 is 0 Å². The van der Waals surface area contributed by atoms with Crippen molar-refractivity contribution >= 4 is 39.3 Å². The van der Waals surface area contributed by atoms with E-state index in [1.807, 2.05) is 11.0 Å². The average molecular weight is 563 g/mol. The number of para-hydroxylation sites is 2. The Morgan fingerprint density at radius 2 is 1.43 bits per heavy atom. The molecule has 0 aliphatic carbocycles. The Labute approximate surface area is 244 Å². The Balaban J connectivity index is 1.15. The summed E-state index contributed by atoms with van der Waals surface area (Å²) in [6.07, 6.45) is 6.10. The quantitative estimate of drug-likeness (QED) is 0.281. The highest BCUT2D eigenvalue weighted by atomic mass is 16.5. The molecule has 0 bridgehead atoms. The number of carbonyl (C=O) groups is 2. The van der Waals surface area contributed by atoms with Crippen LogP contribution >= 0.6 is 0 Å². The standard InChI is InChI=1S/C34H34N4O4/c1-41-30-12-11-23(18-31(30)42-2)38-21-22(17-32(38)39)33(40)37-15-13-34(14-16-37,26-19-35-28-9-5-3-7-24(26)28)27-20-36-29-10-6-4-8-25(27)29/h3-12,18-20,22,35-36H,13-17,21H2,1-2H3. The minimum atomic E-state index is -0.376. The fraction of sp³-hybridized carbons (Fsp3) is 0.294. The summed E-state index contributed by atoms with van der Waals surface area (Å²) in [6.45, 7) is 1.61. The Kier molecular flexibility index (Phi) is 6.41. The summed E-state index contributed by atoms with van der Waals surface area (Å²) in [7, 11) is 3.15. The molecule has 5 aromatic rings. The second kappa shape index (κ2) is 10.3. The van der Waals surface area contributed by atoms with E-state index in [0.717, 1.165) is 23.9 Å². The zero-order valence-electron chi connectivity index (χ0n) is 23.9. The lowest BCUT2D eigenvalue weighted by Crippen LogP contribution is -2.47. The van der Waals surface area contributed by atoms with Gasteiger partial charge in [-0.25, -0.2) is 0 Å². The maximum Gasteiger partial charge on any atom is 0.228 e. The maximum atomic E-state index is 13.8. The van der Waals surface area contributed by atoms with E-state index in [2.05, 4.69) is 70.9 Å². The molecule has 0 radical (unpaired) electrons. The van der Waals surface area contributed by atoms with Crippen molar-refractivity contribution in [3.63, 3.8) is 0 Å². The molecule has 2 aliphatic rings. The molecular formula is C34H34N4O4. The summed E-state index contributed by atoms with van der Waals surface area (Å²) in [5.74, 6) is 0.781. The molecule has 2 amide bonds. The molecule has 0 saturated carbocycles. The first kappa shape index (κ1) is 26.2. The highest BCUT2D eigenvalue weighted by Gasteiger charge is 2.44. The number of hydrogen-bond donors (Lipinski definition) is 2. The molecule has 2 aromatic heterocycles. The van der Waals surface area contributed by atoms with Crippen LogP contribution in [0.15, 0.2) is 79.1 Å². The Morgan fingerprint density at radius 1 is 0.833 bits per heavy atom. The summed E-state index contributed by atoms with van der Waals surface area (Å²) in [6, 6.07) is 22.3. The van der Waals surface area contributed by atoms with Gasteiger partial charge in [0.25, 0.3) is 0 Å². The summed E-state index contributed by atoms with van der Waals surface area (Å²) in [4.78, 5) is 37.6. The Hall–Kier alpha value is -4.72. The number of H-pyrrole nitrogens is 2. The molecule has 0 spiro atoms. The van der Waals surface area contributed by atoms with Gasteiger partial charge in [0, 0.05) is 77.4 Å². The van der Waals surface area contributed by atoms with Gasteiger partial charge in [0.1, 0.15) is 0 Å². The lowest BCUT2D eigenvalue weighted by Gasteiger charge is -2.43.